The minimum atomic E-state index is -0.607. The van der Waals surface area contributed by atoms with Crippen molar-refractivity contribution in [1.82, 2.24) is 9.88 Å². The molecule has 0 saturated heterocycles. The minimum absolute atomic E-state index is 0.231. The standard InChI is InChI=1S/C23H19Cl2N3O3/c1-13-9-16(10-21-22(29)27-23(30)26-21)14(2)28(13)18-5-7-19(8-6-18)31-12-15-3-4-17(24)11-20(15)25/h3-9,11H,10,12H2,1-2H3,(H,27,29,30). The van der Waals surface area contributed by atoms with Gasteiger partial charge in [-0.15, -0.1) is 0 Å². The lowest BCUT2D eigenvalue weighted by Gasteiger charge is -2.12. The molecule has 2 heterocycles. The van der Waals surface area contributed by atoms with Gasteiger partial charge in [-0.2, -0.15) is 4.99 Å². The third-order valence-electron chi connectivity index (χ3n) is 5.12. The molecule has 1 aliphatic heterocycles. The molecular formula is C23H19Cl2N3O3. The van der Waals surface area contributed by atoms with Gasteiger partial charge in [-0.3, -0.25) is 10.1 Å². The van der Waals surface area contributed by atoms with E-state index in [0.717, 1.165) is 28.2 Å². The highest BCUT2D eigenvalue weighted by Crippen LogP contribution is 2.26. The molecule has 2 aromatic carbocycles. The van der Waals surface area contributed by atoms with E-state index in [4.69, 9.17) is 27.9 Å². The Morgan fingerprint density at radius 2 is 1.74 bits per heavy atom. The van der Waals surface area contributed by atoms with Gasteiger partial charge < -0.3 is 9.30 Å². The number of amides is 3. The van der Waals surface area contributed by atoms with Crippen molar-refractivity contribution in [3.63, 3.8) is 0 Å². The largest absolute Gasteiger partial charge is 0.489 e. The third kappa shape index (κ3) is 4.50. The van der Waals surface area contributed by atoms with Crippen LogP contribution in [0.5, 0.6) is 5.75 Å². The second-order valence-electron chi connectivity index (χ2n) is 7.24. The minimum Gasteiger partial charge on any atom is -0.489 e. The maximum absolute atomic E-state index is 11.8. The van der Waals surface area contributed by atoms with Crippen molar-refractivity contribution >= 4 is 40.9 Å². The summed E-state index contributed by atoms with van der Waals surface area (Å²) in [6, 6.07) is 14.4. The van der Waals surface area contributed by atoms with Crippen molar-refractivity contribution in [2.24, 2.45) is 4.99 Å². The van der Waals surface area contributed by atoms with Crippen LogP contribution in [0.1, 0.15) is 22.5 Å². The van der Waals surface area contributed by atoms with Gasteiger partial charge in [0.1, 0.15) is 18.1 Å². The van der Waals surface area contributed by atoms with Crippen molar-refractivity contribution in [1.29, 1.82) is 0 Å². The Kier molecular flexibility index (Phi) is 5.85. The summed E-state index contributed by atoms with van der Waals surface area (Å²) in [5.41, 5.74) is 4.99. The van der Waals surface area contributed by atoms with Crippen LogP contribution in [-0.4, -0.2) is 22.2 Å². The van der Waals surface area contributed by atoms with Crippen molar-refractivity contribution in [3.05, 3.63) is 81.1 Å². The van der Waals surface area contributed by atoms with Crippen LogP contribution in [0.25, 0.3) is 5.69 Å². The van der Waals surface area contributed by atoms with Gasteiger partial charge in [-0.25, -0.2) is 4.79 Å². The van der Waals surface area contributed by atoms with E-state index in [1.165, 1.54) is 0 Å². The Labute approximate surface area is 189 Å². The second-order valence-corrected chi connectivity index (χ2v) is 8.09. The van der Waals surface area contributed by atoms with Crippen LogP contribution in [-0.2, 0) is 17.8 Å². The SMILES string of the molecule is Cc1cc(CC2=NC(=O)NC2=O)c(C)n1-c1ccc(OCc2ccc(Cl)cc2Cl)cc1. The van der Waals surface area contributed by atoms with Gasteiger partial charge in [0.05, 0.1) is 0 Å². The molecule has 0 aliphatic carbocycles. The van der Waals surface area contributed by atoms with E-state index in [-0.39, 0.29) is 5.71 Å². The summed E-state index contributed by atoms with van der Waals surface area (Å²) < 4.78 is 7.94. The summed E-state index contributed by atoms with van der Waals surface area (Å²) in [4.78, 5) is 26.9. The first-order chi connectivity index (χ1) is 14.8. The number of urea groups is 1. The number of hydrogen-bond acceptors (Lipinski definition) is 3. The molecule has 0 spiro atoms. The summed E-state index contributed by atoms with van der Waals surface area (Å²) in [5.74, 6) is 0.282. The average Bonchev–Trinajstić information content (AvgIpc) is 3.19. The van der Waals surface area contributed by atoms with E-state index in [0.29, 0.717) is 28.8 Å². The van der Waals surface area contributed by atoms with Crippen LogP contribution in [0.4, 0.5) is 4.79 Å². The van der Waals surface area contributed by atoms with Crippen LogP contribution in [0.15, 0.2) is 53.5 Å². The molecule has 158 valence electrons. The normalized spacial score (nSPS) is 13.4. The quantitative estimate of drug-likeness (QED) is 0.553. The number of carbonyl (C=O) groups is 2. The number of ether oxygens (including phenoxy) is 1. The fourth-order valence-corrected chi connectivity index (χ4v) is 4.03. The zero-order chi connectivity index (χ0) is 22.1. The number of aromatic nitrogens is 1. The molecule has 0 saturated carbocycles. The van der Waals surface area contributed by atoms with Crippen LogP contribution in [0.2, 0.25) is 10.0 Å². The van der Waals surface area contributed by atoms with E-state index in [1.807, 2.05) is 50.2 Å². The van der Waals surface area contributed by atoms with Gasteiger partial charge in [0.15, 0.2) is 0 Å². The Morgan fingerprint density at radius 1 is 1.00 bits per heavy atom. The first-order valence-corrected chi connectivity index (χ1v) is 10.4. The van der Waals surface area contributed by atoms with Crippen LogP contribution >= 0.6 is 23.2 Å². The van der Waals surface area contributed by atoms with Crippen molar-refractivity contribution in [2.75, 3.05) is 0 Å². The maximum atomic E-state index is 11.8. The molecule has 6 nitrogen and oxygen atoms in total. The lowest BCUT2D eigenvalue weighted by molar-refractivity contribution is -0.113. The molecule has 1 aliphatic rings. The molecule has 31 heavy (non-hydrogen) atoms. The number of nitrogens with one attached hydrogen (secondary N) is 1. The van der Waals surface area contributed by atoms with E-state index < -0.39 is 11.9 Å². The smallest absolute Gasteiger partial charge is 0.348 e. The molecule has 0 atom stereocenters. The van der Waals surface area contributed by atoms with Crippen molar-refractivity contribution < 1.29 is 14.3 Å². The number of imide groups is 1. The van der Waals surface area contributed by atoms with Crippen LogP contribution < -0.4 is 10.1 Å². The van der Waals surface area contributed by atoms with Crippen molar-refractivity contribution in [2.45, 2.75) is 26.9 Å². The zero-order valence-electron chi connectivity index (χ0n) is 16.9. The first-order valence-electron chi connectivity index (χ1n) is 9.59. The molecule has 3 amide bonds. The number of nitrogens with zero attached hydrogens (tertiary/aromatic N) is 2. The number of benzene rings is 2. The van der Waals surface area contributed by atoms with Gasteiger partial charge >= 0.3 is 6.03 Å². The van der Waals surface area contributed by atoms with Crippen molar-refractivity contribution in [3.8, 4) is 11.4 Å². The summed E-state index contributed by atoms with van der Waals surface area (Å²) in [7, 11) is 0. The number of rotatable bonds is 6. The highest BCUT2D eigenvalue weighted by molar-refractivity contribution is 6.46. The Hall–Kier alpha value is -3.09. The van der Waals surface area contributed by atoms with Gasteiger partial charge in [0.2, 0.25) is 0 Å². The van der Waals surface area contributed by atoms with Gasteiger partial charge in [-0.1, -0.05) is 29.3 Å². The van der Waals surface area contributed by atoms with Gasteiger partial charge in [-0.05, 0) is 61.9 Å². The highest BCUT2D eigenvalue weighted by atomic mass is 35.5. The highest BCUT2D eigenvalue weighted by Gasteiger charge is 2.24. The lowest BCUT2D eigenvalue weighted by Crippen LogP contribution is -2.26. The molecule has 0 bridgehead atoms. The summed E-state index contributed by atoms with van der Waals surface area (Å²) in [6.07, 6.45) is 0.306. The Morgan fingerprint density at radius 3 is 2.39 bits per heavy atom. The van der Waals surface area contributed by atoms with E-state index in [9.17, 15) is 9.59 Å². The molecule has 3 aromatic rings. The third-order valence-corrected chi connectivity index (χ3v) is 5.70. The summed E-state index contributed by atoms with van der Waals surface area (Å²) in [6.45, 7) is 4.31. The molecular weight excluding hydrogens is 437 g/mol. The predicted molar refractivity (Wildman–Crippen MR) is 121 cm³/mol. The zero-order valence-corrected chi connectivity index (χ0v) is 18.4. The second kappa shape index (κ2) is 8.57. The number of aryl methyl sites for hydroxylation is 1. The topological polar surface area (TPSA) is 72.7 Å². The van der Waals surface area contributed by atoms with Gasteiger partial charge in [0, 0.05) is 39.1 Å². The van der Waals surface area contributed by atoms with E-state index in [1.54, 1.807) is 12.1 Å². The average molecular weight is 456 g/mol. The fourth-order valence-electron chi connectivity index (χ4n) is 3.57. The van der Waals surface area contributed by atoms with E-state index in [2.05, 4.69) is 14.9 Å². The Bertz CT molecular complexity index is 1210. The van der Waals surface area contributed by atoms with E-state index >= 15 is 0 Å². The summed E-state index contributed by atoms with van der Waals surface area (Å²) in [5, 5.41) is 3.33. The monoisotopic (exact) mass is 455 g/mol. The molecule has 8 heteroatoms. The van der Waals surface area contributed by atoms with Crippen LogP contribution in [0, 0.1) is 13.8 Å². The number of halogens is 2. The maximum Gasteiger partial charge on any atom is 0.348 e. The number of aliphatic imine (C=N–C) groups is 1. The van der Waals surface area contributed by atoms with Gasteiger partial charge in [0.25, 0.3) is 5.91 Å². The molecule has 1 aromatic heterocycles. The summed E-state index contributed by atoms with van der Waals surface area (Å²) >= 11 is 12.1. The molecule has 0 radical (unpaired) electrons. The lowest BCUT2D eigenvalue weighted by atomic mass is 10.1. The number of carbonyl (C=O) groups excluding carboxylic acids is 2. The molecule has 0 unspecified atom stereocenters. The predicted octanol–water partition coefficient (Wildman–Crippen LogP) is 5.21. The molecule has 0 fully saturated rings. The first kappa shape index (κ1) is 21.2. The fraction of sp³-hybridized carbons (Fsp3) is 0.174. The van der Waals surface area contributed by atoms with Crippen LogP contribution in [0.3, 0.4) is 0 Å². The number of hydrogen-bond donors (Lipinski definition) is 1. The Balaban J connectivity index is 1.50. The molecule has 1 N–H and O–H groups in total. The molecule has 4 rings (SSSR count).